The van der Waals surface area contributed by atoms with Gasteiger partial charge in [0.25, 0.3) is 5.91 Å². The van der Waals surface area contributed by atoms with Crippen molar-refractivity contribution in [1.82, 2.24) is 16.0 Å². The van der Waals surface area contributed by atoms with Gasteiger partial charge in [-0.1, -0.05) is 25.1 Å². The Hall–Kier alpha value is -1.65. The van der Waals surface area contributed by atoms with Gasteiger partial charge in [0, 0.05) is 49.6 Å². The van der Waals surface area contributed by atoms with Crippen molar-refractivity contribution in [1.29, 1.82) is 0 Å². The summed E-state index contributed by atoms with van der Waals surface area (Å²) in [6, 6.07) is 11.9. The number of nitrogens with zero attached hydrogens (tertiary/aromatic N) is 1. The zero-order valence-corrected chi connectivity index (χ0v) is 20.7. The number of hydrogen-bond donors (Lipinski definition) is 3. The maximum atomic E-state index is 12.4. The third-order valence-corrected chi connectivity index (χ3v) is 6.10. The van der Waals surface area contributed by atoms with Crippen LogP contribution >= 0.6 is 35.3 Å². The summed E-state index contributed by atoms with van der Waals surface area (Å²) in [5, 5.41) is 11.8. The predicted molar refractivity (Wildman–Crippen MR) is 134 cm³/mol. The lowest BCUT2D eigenvalue weighted by Gasteiger charge is -2.15. The molecule has 1 aliphatic heterocycles. The Labute approximate surface area is 199 Å². The van der Waals surface area contributed by atoms with E-state index < -0.39 is 0 Å². The van der Waals surface area contributed by atoms with Crippen molar-refractivity contribution in [3.05, 3.63) is 57.8 Å². The van der Waals surface area contributed by atoms with Crippen LogP contribution < -0.4 is 16.0 Å². The molecule has 0 aliphatic carbocycles. The number of nitrogens with one attached hydrogen (secondary N) is 3. The molecule has 30 heavy (non-hydrogen) atoms. The molecule has 0 bridgehead atoms. The maximum Gasteiger partial charge on any atom is 0.251 e. The molecule has 2 heterocycles. The second-order valence-corrected chi connectivity index (χ2v) is 8.25. The number of aliphatic imine (C=N–C) groups is 1. The fraction of sp³-hybridized carbons (Fsp3) is 0.455. The van der Waals surface area contributed by atoms with Crippen LogP contribution in [0.15, 0.2) is 46.8 Å². The van der Waals surface area contributed by atoms with Crippen molar-refractivity contribution in [2.75, 3.05) is 26.7 Å². The molecule has 0 saturated carbocycles. The molecule has 1 aromatic carbocycles. The molecule has 0 spiro atoms. The highest BCUT2D eigenvalue weighted by Gasteiger charge is 2.16. The number of amides is 1. The third-order valence-electron chi connectivity index (χ3n) is 4.99. The van der Waals surface area contributed by atoms with Gasteiger partial charge in [0.15, 0.2) is 5.96 Å². The van der Waals surface area contributed by atoms with Crippen molar-refractivity contribution in [3.8, 4) is 0 Å². The lowest BCUT2D eigenvalue weighted by Crippen LogP contribution is -2.38. The molecule has 1 saturated heterocycles. The van der Waals surface area contributed by atoms with Crippen LogP contribution in [-0.4, -0.2) is 44.7 Å². The standard InChI is InChI=1S/C22H30N4O2S.HI/c1-16(20-9-5-11-29-20)13-25-22(23-2)26-14-17-6-3-7-18(12-17)21(27)24-15-19-8-4-10-28-19;/h3,5-7,9,11-12,16,19H,4,8,10,13-15H2,1-2H3,(H,24,27)(H2,23,25,26);1H. The van der Waals surface area contributed by atoms with Gasteiger partial charge in [-0.05, 0) is 42.0 Å². The zero-order valence-electron chi connectivity index (χ0n) is 17.5. The largest absolute Gasteiger partial charge is 0.376 e. The molecule has 3 N–H and O–H groups in total. The average molecular weight is 542 g/mol. The minimum Gasteiger partial charge on any atom is -0.376 e. The molecule has 2 aromatic rings. The first-order chi connectivity index (χ1) is 14.2. The highest BCUT2D eigenvalue weighted by atomic mass is 127. The van der Waals surface area contributed by atoms with Crippen LogP contribution in [0.4, 0.5) is 0 Å². The Bertz CT molecular complexity index is 807. The summed E-state index contributed by atoms with van der Waals surface area (Å²) >= 11 is 1.77. The Morgan fingerprint density at radius 2 is 2.13 bits per heavy atom. The lowest BCUT2D eigenvalue weighted by molar-refractivity contribution is 0.0857. The number of carbonyl (C=O) groups is 1. The monoisotopic (exact) mass is 542 g/mol. The van der Waals surface area contributed by atoms with E-state index in [2.05, 4.69) is 45.4 Å². The summed E-state index contributed by atoms with van der Waals surface area (Å²) < 4.78 is 5.56. The molecule has 2 atom stereocenters. The van der Waals surface area contributed by atoms with Gasteiger partial charge in [-0.2, -0.15) is 0 Å². The summed E-state index contributed by atoms with van der Waals surface area (Å²) in [5.74, 6) is 1.11. The summed E-state index contributed by atoms with van der Waals surface area (Å²) in [5.41, 5.74) is 1.69. The lowest BCUT2D eigenvalue weighted by atomic mass is 10.1. The molecular weight excluding hydrogens is 511 g/mol. The first-order valence-electron chi connectivity index (χ1n) is 10.1. The Balaban J connectivity index is 0.00000320. The normalized spacial score (nSPS) is 17.1. The van der Waals surface area contributed by atoms with E-state index in [0.29, 0.717) is 24.6 Å². The summed E-state index contributed by atoms with van der Waals surface area (Å²) in [6.45, 7) is 4.97. The van der Waals surface area contributed by atoms with Gasteiger partial charge in [-0.3, -0.25) is 9.79 Å². The van der Waals surface area contributed by atoms with Gasteiger partial charge in [0.05, 0.1) is 6.10 Å². The van der Waals surface area contributed by atoms with Crippen molar-refractivity contribution < 1.29 is 9.53 Å². The first kappa shape index (κ1) is 24.6. The maximum absolute atomic E-state index is 12.4. The number of hydrogen-bond acceptors (Lipinski definition) is 4. The molecule has 1 aliphatic rings. The minimum atomic E-state index is -0.0605. The third kappa shape index (κ3) is 7.55. The summed E-state index contributed by atoms with van der Waals surface area (Å²) in [7, 11) is 1.76. The second kappa shape index (κ2) is 12.9. The number of benzene rings is 1. The molecule has 1 aromatic heterocycles. The van der Waals surface area contributed by atoms with Crippen molar-refractivity contribution in [2.45, 2.75) is 38.3 Å². The summed E-state index contributed by atoms with van der Waals surface area (Å²) in [4.78, 5) is 18.1. The van der Waals surface area contributed by atoms with Crippen molar-refractivity contribution in [2.24, 2.45) is 4.99 Å². The Morgan fingerprint density at radius 1 is 1.27 bits per heavy atom. The SMILES string of the molecule is CN=C(NCc1cccc(C(=O)NCC2CCCO2)c1)NCC(C)c1cccs1.I. The molecule has 1 fully saturated rings. The zero-order chi connectivity index (χ0) is 20.5. The second-order valence-electron chi connectivity index (χ2n) is 7.27. The van der Waals surface area contributed by atoms with Crippen LogP contribution in [0.5, 0.6) is 0 Å². The van der Waals surface area contributed by atoms with E-state index >= 15 is 0 Å². The van der Waals surface area contributed by atoms with E-state index in [1.807, 2.05) is 24.3 Å². The van der Waals surface area contributed by atoms with Gasteiger partial charge in [0.1, 0.15) is 0 Å². The highest BCUT2D eigenvalue weighted by molar-refractivity contribution is 14.0. The van der Waals surface area contributed by atoms with E-state index in [1.165, 1.54) is 4.88 Å². The van der Waals surface area contributed by atoms with Crippen LogP contribution in [0.25, 0.3) is 0 Å². The number of carbonyl (C=O) groups excluding carboxylic acids is 1. The average Bonchev–Trinajstić information content (AvgIpc) is 3.46. The molecular formula is C22H31IN4O2S. The molecule has 6 nitrogen and oxygen atoms in total. The fourth-order valence-electron chi connectivity index (χ4n) is 3.26. The van der Waals surface area contributed by atoms with E-state index in [0.717, 1.165) is 37.5 Å². The number of thiophene rings is 1. The van der Waals surface area contributed by atoms with Crippen LogP contribution in [0.3, 0.4) is 0 Å². The number of halogens is 1. The Morgan fingerprint density at radius 3 is 2.83 bits per heavy atom. The van der Waals surface area contributed by atoms with Crippen molar-refractivity contribution in [3.63, 3.8) is 0 Å². The fourth-order valence-corrected chi connectivity index (χ4v) is 4.05. The van der Waals surface area contributed by atoms with Gasteiger partial charge in [-0.15, -0.1) is 35.3 Å². The van der Waals surface area contributed by atoms with E-state index in [-0.39, 0.29) is 36.0 Å². The van der Waals surface area contributed by atoms with E-state index in [9.17, 15) is 4.79 Å². The van der Waals surface area contributed by atoms with Gasteiger partial charge < -0.3 is 20.7 Å². The smallest absolute Gasteiger partial charge is 0.251 e. The Kier molecular flexibility index (Phi) is 10.6. The van der Waals surface area contributed by atoms with E-state index in [4.69, 9.17) is 4.74 Å². The minimum absolute atomic E-state index is 0. The molecule has 1 amide bonds. The highest BCUT2D eigenvalue weighted by Crippen LogP contribution is 2.19. The summed E-state index contributed by atoms with van der Waals surface area (Å²) in [6.07, 6.45) is 2.24. The van der Waals surface area contributed by atoms with Gasteiger partial charge >= 0.3 is 0 Å². The predicted octanol–water partition coefficient (Wildman–Crippen LogP) is 3.74. The molecule has 3 rings (SSSR count). The quantitative estimate of drug-likeness (QED) is 0.270. The van der Waals surface area contributed by atoms with E-state index in [1.54, 1.807) is 18.4 Å². The molecule has 2 unspecified atom stereocenters. The van der Waals surface area contributed by atoms with Gasteiger partial charge in [-0.25, -0.2) is 0 Å². The van der Waals surface area contributed by atoms with Crippen LogP contribution in [0.2, 0.25) is 0 Å². The number of rotatable bonds is 8. The molecule has 0 radical (unpaired) electrons. The number of guanidine groups is 1. The van der Waals surface area contributed by atoms with Crippen LogP contribution in [0.1, 0.15) is 46.5 Å². The molecule has 164 valence electrons. The topological polar surface area (TPSA) is 74.8 Å². The van der Waals surface area contributed by atoms with Crippen LogP contribution in [-0.2, 0) is 11.3 Å². The van der Waals surface area contributed by atoms with Crippen LogP contribution in [0, 0.1) is 0 Å². The van der Waals surface area contributed by atoms with Gasteiger partial charge in [0.2, 0.25) is 0 Å². The van der Waals surface area contributed by atoms with Crippen molar-refractivity contribution >= 4 is 47.2 Å². The molecule has 8 heteroatoms. The number of ether oxygens (including phenoxy) is 1. The first-order valence-corrected chi connectivity index (χ1v) is 11.0.